The monoisotopic (exact) mass is 227 g/mol. The molecule has 0 atom stereocenters. The topological polar surface area (TPSA) is 96.0 Å². The minimum atomic E-state index is -3.24. The van der Waals surface area contributed by atoms with Gasteiger partial charge in [0.1, 0.15) is 5.84 Å². The van der Waals surface area contributed by atoms with E-state index in [1.54, 1.807) is 31.2 Å². The number of sulfonamides is 1. The average Bonchev–Trinajstić information content (AvgIpc) is 2.18. The second-order valence-corrected chi connectivity index (χ2v) is 5.01. The van der Waals surface area contributed by atoms with Crippen molar-refractivity contribution >= 4 is 21.5 Å². The normalized spacial score (nSPS) is 11.0. The zero-order chi connectivity index (χ0) is 11.5. The SMILES string of the molecule is CCS(=O)(=O)Nc1ccc(C(=N)N)cc1. The third-order valence-electron chi connectivity index (χ3n) is 1.85. The minimum Gasteiger partial charge on any atom is -0.384 e. The van der Waals surface area contributed by atoms with E-state index < -0.39 is 10.0 Å². The Balaban J connectivity index is 2.86. The van der Waals surface area contributed by atoms with Crippen LogP contribution in [0.4, 0.5) is 5.69 Å². The van der Waals surface area contributed by atoms with Crippen molar-refractivity contribution in [3.05, 3.63) is 29.8 Å². The maximum absolute atomic E-state index is 11.2. The van der Waals surface area contributed by atoms with E-state index in [4.69, 9.17) is 11.1 Å². The fourth-order valence-corrected chi connectivity index (χ4v) is 1.61. The second-order valence-electron chi connectivity index (χ2n) is 3.00. The van der Waals surface area contributed by atoms with Crippen molar-refractivity contribution in [1.29, 1.82) is 5.41 Å². The number of hydrogen-bond donors (Lipinski definition) is 3. The summed E-state index contributed by atoms with van der Waals surface area (Å²) in [6, 6.07) is 6.33. The molecule has 82 valence electrons. The highest BCUT2D eigenvalue weighted by Gasteiger charge is 2.06. The highest BCUT2D eigenvalue weighted by Crippen LogP contribution is 2.10. The van der Waals surface area contributed by atoms with E-state index in [-0.39, 0.29) is 11.6 Å². The fourth-order valence-electron chi connectivity index (χ4n) is 0.970. The van der Waals surface area contributed by atoms with Crippen molar-refractivity contribution in [3.8, 4) is 0 Å². The molecule has 1 aromatic rings. The van der Waals surface area contributed by atoms with Crippen LogP contribution in [0.25, 0.3) is 0 Å². The Kier molecular flexibility index (Phi) is 3.31. The van der Waals surface area contributed by atoms with Crippen LogP contribution in [-0.4, -0.2) is 20.0 Å². The van der Waals surface area contributed by atoms with Crippen molar-refractivity contribution in [2.75, 3.05) is 10.5 Å². The van der Waals surface area contributed by atoms with E-state index in [0.717, 1.165) is 0 Å². The number of anilines is 1. The van der Waals surface area contributed by atoms with Gasteiger partial charge in [-0.1, -0.05) is 0 Å². The van der Waals surface area contributed by atoms with Crippen LogP contribution in [0.5, 0.6) is 0 Å². The molecule has 1 aromatic carbocycles. The predicted octanol–water partition coefficient (Wildman–Crippen LogP) is 0.732. The Morgan fingerprint density at radius 3 is 2.33 bits per heavy atom. The molecule has 4 N–H and O–H groups in total. The van der Waals surface area contributed by atoms with E-state index in [2.05, 4.69) is 4.72 Å². The molecular weight excluding hydrogens is 214 g/mol. The van der Waals surface area contributed by atoms with Gasteiger partial charge in [-0.25, -0.2) is 8.42 Å². The van der Waals surface area contributed by atoms with Gasteiger partial charge in [0.15, 0.2) is 0 Å². The van der Waals surface area contributed by atoms with E-state index in [1.165, 1.54) is 0 Å². The Morgan fingerprint density at radius 2 is 1.93 bits per heavy atom. The Bertz CT molecular complexity index is 451. The van der Waals surface area contributed by atoms with Crippen LogP contribution in [0.1, 0.15) is 12.5 Å². The third kappa shape index (κ3) is 3.25. The van der Waals surface area contributed by atoms with Crippen molar-refractivity contribution in [3.63, 3.8) is 0 Å². The van der Waals surface area contributed by atoms with E-state index in [9.17, 15) is 8.42 Å². The molecule has 0 radical (unpaired) electrons. The average molecular weight is 227 g/mol. The molecule has 0 amide bonds. The molecule has 15 heavy (non-hydrogen) atoms. The number of nitrogens with two attached hydrogens (primary N) is 1. The van der Waals surface area contributed by atoms with Gasteiger partial charge in [-0.05, 0) is 31.2 Å². The third-order valence-corrected chi connectivity index (χ3v) is 3.16. The molecule has 0 bridgehead atoms. The van der Waals surface area contributed by atoms with Crippen LogP contribution in [0, 0.1) is 5.41 Å². The summed E-state index contributed by atoms with van der Waals surface area (Å²) in [5.74, 6) is -0.0125. The summed E-state index contributed by atoms with van der Waals surface area (Å²) >= 11 is 0. The first-order chi connectivity index (χ1) is 6.94. The lowest BCUT2D eigenvalue weighted by atomic mass is 10.2. The molecule has 0 saturated carbocycles. The first-order valence-corrected chi connectivity index (χ1v) is 6.05. The van der Waals surface area contributed by atoms with Crippen molar-refractivity contribution in [1.82, 2.24) is 0 Å². The molecule has 6 heteroatoms. The first-order valence-electron chi connectivity index (χ1n) is 4.39. The summed E-state index contributed by atoms with van der Waals surface area (Å²) < 4.78 is 24.8. The lowest BCUT2D eigenvalue weighted by molar-refractivity contribution is 0.602. The van der Waals surface area contributed by atoms with Gasteiger partial charge in [-0.2, -0.15) is 0 Å². The largest absolute Gasteiger partial charge is 0.384 e. The number of nitrogen functional groups attached to an aromatic ring is 1. The van der Waals surface area contributed by atoms with Gasteiger partial charge in [-0.3, -0.25) is 10.1 Å². The highest BCUT2D eigenvalue weighted by atomic mass is 32.2. The molecule has 0 aliphatic carbocycles. The van der Waals surface area contributed by atoms with Gasteiger partial charge in [-0.15, -0.1) is 0 Å². The number of hydrogen-bond acceptors (Lipinski definition) is 3. The molecule has 0 fully saturated rings. The van der Waals surface area contributed by atoms with Gasteiger partial charge < -0.3 is 5.73 Å². The Labute approximate surface area is 88.9 Å². The van der Waals surface area contributed by atoms with Gasteiger partial charge in [0.05, 0.1) is 5.75 Å². The maximum atomic E-state index is 11.2. The summed E-state index contributed by atoms with van der Waals surface area (Å²) in [5, 5.41) is 7.16. The van der Waals surface area contributed by atoms with E-state index in [1.807, 2.05) is 0 Å². The maximum Gasteiger partial charge on any atom is 0.232 e. The number of rotatable bonds is 4. The van der Waals surface area contributed by atoms with E-state index in [0.29, 0.717) is 11.3 Å². The smallest absolute Gasteiger partial charge is 0.232 e. The molecule has 5 nitrogen and oxygen atoms in total. The zero-order valence-corrected chi connectivity index (χ0v) is 9.14. The molecule has 0 saturated heterocycles. The molecule has 0 aromatic heterocycles. The standard InChI is InChI=1S/C9H13N3O2S/c1-2-15(13,14)12-8-5-3-7(4-6-8)9(10)11/h3-6,12H,2H2,1H3,(H3,10,11). The van der Waals surface area contributed by atoms with Crippen molar-refractivity contribution < 1.29 is 8.42 Å². The molecule has 0 heterocycles. The molecule has 0 spiro atoms. The molecule has 0 aliphatic rings. The fraction of sp³-hybridized carbons (Fsp3) is 0.222. The number of benzene rings is 1. The van der Waals surface area contributed by atoms with Crippen LogP contribution in [0.3, 0.4) is 0 Å². The van der Waals surface area contributed by atoms with Crippen molar-refractivity contribution in [2.45, 2.75) is 6.92 Å². The van der Waals surface area contributed by atoms with Gasteiger partial charge in [0.2, 0.25) is 10.0 Å². The van der Waals surface area contributed by atoms with Crippen LogP contribution >= 0.6 is 0 Å². The lowest BCUT2D eigenvalue weighted by Crippen LogP contribution is -2.15. The molecule has 0 unspecified atom stereocenters. The minimum absolute atomic E-state index is 0.0292. The van der Waals surface area contributed by atoms with Crippen LogP contribution in [0.2, 0.25) is 0 Å². The summed E-state index contributed by atoms with van der Waals surface area (Å²) in [6.07, 6.45) is 0. The summed E-state index contributed by atoms with van der Waals surface area (Å²) in [4.78, 5) is 0. The van der Waals surface area contributed by atoms with Crippen molar-refractivity contribution in [2.24, 2.45) is 5.73 Å². The Hall–Kier alpha value is -1.56. The Morgan fingerprint density at radius 1 is 1.40 bits per heavy atom. The van der Waals surface area contributed by atoms with Gasteiger partial charge in [0, 0.05) is 11.3 Å². The quantitative estimate of drug-likeness (QED) is 0.522. The predicted molar refractivity (Wildman–Crippen MR) is 60.5 cm³/mol. The van der Waals surface area contributed by atoms with Crippen LogP contribution < -0.4 is 10.5 Å². The summed E-state index contributed by atoms with van der Waals surface area (Å²) in [7, 11) is -3.24. The van der Waals surface area contributed by atoms with E-state index >= 15 is 0 Å². The number of nitrogens with one attached hydrogen (secondary N) is 2. The molecule has 1 rings (SSSR count). The number of amidine groups is 1. The van der Waals surface area contributed by atoms with Crippen LogP contribution in [0.15, 0.2) is 24.3 Å². The molecular formula is C9H13N3O2S. The first kappa shape index (κ1) is 11.5. The summed E-state index contributed by atoms with van der Waals surface area (Å²) in [5.41, 5.74) is 6.30. The second kappa shape index (κ2) is 4.31. The zero-order valence-electron chi connectivity index (χ0n) is 8.32. The van der Waals surface area contributed by atoms with Gasteiger partial charge >= 0.3 is 0 Å². The highest BCUT2D eigenvalue weighted by molar-refractivity contribution is 7.92. The van der Waals surface area contributed by atoms with Gasteiger partial charge in [0.25, 0.3) is 0 Å². The molecule has 0 aliphatic heterocycles. The van der Waals surface area contributed by atoms with Crippen LogP contribution in [-0.2, 0) is 10.0 Å². The lowest BCUT2D eigenvalue weighted by Gasteiger charge is -2.06. The summed E-state index contributed by atoms with van der Waals surface area (Å²) in [6.45, 7) is 1.56.